The Balaban J connectivity index is 0.00000361. The van der Waals surface area contributed by atoms with Crippen molar-refractivity contribution in [2.75, 3.05) is 32.1 Å². The first-order chi connectivity index (χ1) is 16.8. The van der Waals surface area contributed by atoms with Crippen molar-refractivity contribution in [3.63, 3.8) is 0 Å². The second-order valence-electron chi connectivity index (χ2n) is 8.56. The average Bonchev–Trinajstić information content (AvgIpc) is 3.04. The molecule has 0 aliphatic carbocycles. The molecule has 1 aromatic carbocycles. The molecule has 0 unspecified atom stereocenters. The first-order valence-corrected chi connectivity index (χ1v) is 11.5. The molecule has 3 aromatic rings. The van der Waals surface area contributed by atoms with Crippen LogP contribution in [0.4, 0.5) is 5.82 Å². The van der Waals surface area contributed by atoms with Crippen LogP contribution < -0.4 is 5.32 Å². The van der Waals surface area contributed by atoms with Crippen LogP contribution in [0.25, 0.3) is 17.0 Å². The normalized spacial score (nSPS) is 13.6. The summed E-state index contributed by atoms with van der Waals surface area (Å²) in [5.41, 5.74) is 3.65. The number of carbonyl (C=O) groups is 3. The highest BCUT2D eigenvalue weighted by Gasteiger charge is 2.22. The van der Waals surface area contributed by atoms with Crippen LogP contribution in [0.15, 0.2) is 48.7 Å². The fourth-order valence-corrected chi connectivity index (χ4v) is 4.14. The highest BCUT2D eigenvalue weighted by molar-refractivity contribution is 5.94. The predicted molar refractivity (Wildman–Crippen MR) is 140 cm³/mol. The van der Waals surface area contributed by atoms with Gasteiger partial charge in [-0.15, -0.1) is 12.4 Å². The first kappa shape index (κ1) is 26.9. The summed E-state index contributed by atoms with van der Waals surface area (Å²) in [5.74, 6) is -0.304. The van der Waals surface area contributed by atoms with E-state index in [4.69, 9.17) is 4.74 Å². The van der Waals surface area contributed by atoms with Gasteiger partial charge in [0.05, 0.1) is 26.2 Å². The zero-order valence-corrected chi connectivity index (χ0v) is 21.4. The first-order valence-electron chi connectivity index (χ1n) is 11.5. The number of benzene rings is 1. The van der Waals surface area contributed by atoms with Crippen molar-refractivity contribution < 1.29 is 19.1 Å². The summed E-state index contributed by atoms with van der Waals surface area (Å²) in [5, 5.41) is 3.91. The van der Waals surface area contributed by atoms with Crippen LogP contribution in [-0.2, 0) is 39.3 Å². The molecule has 2 aromatic heterocycles. The Morgan fingerprint density at radius 2 is 2.00 bits per heavy atom. The molecule has 1 N–H and O–H groups in total. The van der Waals surface area contributed by atoms with Gasteiger partial charge in [-0.1, -0.05) is 18.2 Å². The number of carbonyl (C=O) groups excluding carboxylic acids is 3. The SMILES string of the molecule is CCOC(=O)CN1CC(=O)Nc2ncc(/C=C/C(=O)N(C)Cc3cc4ccccc4n3C)cc2C1.Cl. The Bertz CT molecular complexity index is 1300. The third kappa shape index (κ3) is 6.30. The lowest BCUT2D eigenvalue weighted by atomic mass is 10.1. The van der Waals surface area contributed by atoms with E-state index in [1.165, 1.54) is 6.08 Å². The van der Waals surface area contributed by atoms with Crippen LogP contribution in [0.2, 0.25) is 0 Å². The Hall–Kier alpha value is -3.69. The lowest BCUT2D eigenvalue weighted by molar-refractivity contribution is -0.144. The Kier molecular flexibility index (Phi) is 8.84. The number of likely N-dealkylation sites (N-methyl/N-ethyl adjacent to an activating group) is 1. The summed E-state index contributed by atoms with van der Waals surface area (Å²) in [6, 6.07) is 12.1. The molecule has 1 aliphatic rings. The molecule has 190 valence electrons. The number of hydrogen-bond donors (Lipinski definition) is 1. The smallest absolute Gasteiger partial charge is 0.320 e. The molecule has 2 amide bonds. The van der Waals surface area contributed by atoms with Crippen molar-refractivity contribution >= 4 is 53.0 Å². The minimum absolute atomic E-state index is 0. The second-order valence-corrected chi connectivity index (χ2v) is 8.56. The fraction of sp³-hybridized carbons (Fsp3) is 0.308. The number of aromatic nitrogens is 2. The number of ether oxygens (including phenoxy) is 1. The van der Waals surface area contributed by atoms with Gasteiger partial charge in [-0.3, -0.25) is 19.3 Å². The van der Waals surface area contributed by atoms with E-state index >= 15 is 0 Å². The van der Waals surface area contributed by atoms with E-state index < -0.39 is 0 Å². The number of pyridine rings is 1. The Morgan fingerprint density at radius 1 is 1.22 bits per heavy atom. The number of amides is 2. The Morgan fingerprint density at radius 3 is 2.75 bits per heavy atom. The molecular weight excluding hydrogens is 482 g/mol. The van der Waals surface area contributed by atoms with E-state index in [9.17, 15) is 14.4 Å². The maximum Gasteiger partial charge on any atom is 0.320 e. The van der Waals surface area contributed by atoms with Crippen LogP contribution in [0.5, 0.6) is 0 Å². The molecular formula is C26H30ClN5O4. The highest BCUT2D eigenvalue weighted by Crippen LogP contribution is 2.21. The van der Waals surface area contributed by atoms with E-state index in [1.807, 2.05) is 25.2 Å². The highest BCUT2D eigenvalue weighted by atomic mass is 35.5. The van der Waals surface area contributed by atoms with Gasteiger partial charge < -0.3 is 19.5 Å². The second kappa shape index (κ2) is 11.8. The summed E-state index contributed by atoms with van der Waals surface area (Å²) >= 11 is 0. The number of halogens is 1. The zero-order chi connectivity index (χ0) is 24.9. The van der Waals surface area contributed by atoms with E-state index in [-0.39, 0.29) is 49.9 Å². The quantitative estimate of drug-likeness (QED) is 0.387. The largest absolute Gasteiger partial charge is 0.465 e. The summed E-state index contributed by atoms with van der Waals surface area (Å²) < 4.78 is 7.10. The molecule has 1 aliphatic heterocycles. The number of rotatable bonds is 7. The minimum atomic E-state index is -0.382. The van der Waals surface area contributed by atoms with Crippen LogP contribution in [0.3, 0.4) is 0 Å². The van der Waals surface area contributed by atoms with Crippen molar-refractivity contribution in [2.45, 2.75) is 20.0 Å². The molecule has 0 fully saturated rings. The molecule has 0 bridgehead atoms. The van der Waals surface area contributed by atoms with Gasteiger partial charge >= 0.3 is 5.97 Å². The van der Waals surface area contributed by atoms with Crippen molar-refractivity contribution in [3.05, 3.63) is 65.5 Å². The molecule has 0 atom stereocenters. The molecule has 0 radical (unpaired) electrons. The van der Waals surface area contributed by atoms with Crippen LogP contribution in [0.1, 0.15) is 23.7 Å². The van der Waals surface area contributed by atoms with Gasteiger partial charge in [0.25, 0.3) is 0 Å². The van der Waals surface area contributed by atoms with Crippen LogP contribution in [-0.4, -0.2) is 63.9 Å². The summed E-state index contributed by atoms with van der Waals surface area (Å²) in [7, 11) is 3.76. The number of para-hydroxylation sites is 1. The van der Waals surface area contributed by atoms with Gasteiger partial charge in [0.1, 0.15) is 5.82 Å². The van der Waals surface area contributed by atoms with E-state index in [0.29, 0.717) is 18.9 Å². The lowest BCUT2D eigenvalue weighted by Gasteiger charge is -2.17. The average molecular weight is 512 g/mol. The van der Waals surface area contributed by atoms with Crippen LogP contribution >= 0.6 is 12.4 Å². The number of nitrogens with zero attached hydrogens (tertiary/aromatic N) is 4. The van der Waals surface area contributed by atoms with E-state index in [2.05, 4.69) is 33.1 Å². The van der Waals surface area contributed by atoms with Crippen LogP contribution in [0, 0.1) is 0 Å². The van der Waals surface area contributed by atoms with E-state index in [0.717, 1.165) is 27.7 Å². The Labute approximate surface area is 216 Å². The van der Waals surface area contributed by atoms with Gasteiger partial charge in [0, 0.05) is 49.7 Å². The summed E-state index contributed by atoms with van der Waals surface area (Å²) in [4.78, 5) is 44.6. The van der Waals surface area contributed by atoms with Crippen molar-refractivity contribution in [3.8, 4) is 0 Å². The maximum absolute atomic E-state index is 12.8. The molecule has 4 rings (SSSR count). The predicted octanol–water partition coefficient (Wildman–Crippen LogP) is 2.98. The molecule has 0 saturated carbocycles. The summed E-state index contributed by atoms with van der Waals surface area (Å²) in [6.07, 6.45) is 4.82. The van der Waals surface area contributed by atoms with E-state index in [1.54, 1.807) is 36.0 Å². The zero-order valence-electron chi connectivity index (χ0n) is 20.6. The third-order valence-electron chi connectivity index (χ3n) is 5.91. The minimum Gasteiger partial charge on any atom is -0.465 e. The molecule has 10 heteroatoms. The number of esters is 1. The third-order valence-corrected chi connectivity index (χ3v) is 5.91. The number of aryl methyl sites for hydroxylation is 1. The van der Waals surface area contributed by atoms with Gasteiger partial charge in [-0.05, 0) is 42.1 Å². The van der Waals surface area contributed by atoms with Crippen molar-refractivity contribution in [1.29, 1.82) is 0 Å². The molecule has 0 saturated heterocycles. The topological polar surface area (TPSA) is 96.8 Å². The molecule has 9 nitrogen and oxygen atoms in total. The number of hydrogen-bond acceptors (Lipinski definition) is 6. The maximum atomic E-state index is 12.8. The van der Waals surface area contributed by atoms with Gasteiger partial charge in [0.15, 0.2) is 0 Å². The molecule has 36 heavy (non-hydrogen) atoms. The number of anilines is 1. The number of fused-ring (bicyclic) bond motifs is 2. The van der Waals surface area contributed by atoms with Gasteiger partial charge in [-0.2, -0.15) is 0 Å². The van der Waals surface area contributed by atoms with Gasteiger partial charge in [0.2, 0.25) is 11.8 Å². The molecule has 3 heterocycles. The van der Waals surface area contributed by atoms with Crippen molar-refractivity contribution in [1.82, 2.24) is 19.4 Å². The monoisotopic (exact) mass is 511 g/mol. The van der Waals surface area contributed by atoms with Crippen molar-refractivity contribution in [2.24, 2.45) is 7.05 Å². The standard InChI is InChI=1S/C26H29N5O4.ClH/c1-4-35-25(34)17-31-14-20-11-18(13-27-26(20)28-23(32)16-31)9-10-24(33)29(2)15-21-12-19-7-5-6-8-22(19)30(21)3;/h5-13H,4,14-17H2,1-3H3,(H,27,28,32);1H/b10-9+;. The lowest BCUT2D eigenvalue weighted by Crippen LogP contribution is -2.35. The fourth-order valence-electron chi connectivity index (χ4n) is 4.14. The molecule has 0 spiro atoms. The number of nitrogens with one attached hydrogen (secondary N) is 1. The van der Waals surface area contributed by atoms with Gasteiger partial charge in [-0.25, -0.2) is 4.98 Å². The summed E-state index contributed by atoms with van der Waals surface area (Å²) in [6.45, 7) is 2.94.